The highest BCUT2D eigenvalue weighted by Crippen LogP contribution is 2.36. The van der Waals surface area contributed by atoms with Gasteiger partial charge < -0.3 is 10.0 Å². The normalized spacial score (nSPS) is 11.2. The molecule has 1 N–H and O–H groups in total. The van der Waals surface area contributed by atoms with Crippen LogP contribution in [0.4, 0.5) is 17.1 Å². The first-order valence-electron chi connectivity index (χ1n) is 8.20. The van der Waals surface area contributed by atoms with E-state index in [0.717, 1.165) is 29.5 Å². The minimum atomic E-state index is 0.136. The number of azo groups is 1. The summed E-state index contributed by atoms with van der Waals surface area (Å²) in [7, 11) is 0. The molecule has 0 spiro atoms. The minimum Gasteiger partial charge on any atom is -0.506 e. The monoisotopic (exact) mass is 319 g/mol. The zero-order valence-electron chi connectivity index (χ0n) is 14.0. The second-order valence-electron chi connectivity index (χ2n) is 5.54. The van der Waals surface area contributed by atoms with E-state index >= 15 is 0 Å². The number of hydrogen-bond acceptors (Lipinski definition) is 4. The summed E-state index contributed by atoms with van der Waals surface area (Å²) >= 11 is 0. The van der Waals surface area contributed by atoms with Crippen LogP contribution in [0, 0.1) is 0 Å². The fraction of sp³-hybridized carbons (Fsp3) is 0.200. The molecule has 0 aromatic heterocycles. The molecule has 0 saturated heterocycles. The highest BCUT2D eigenvalue weighted by Gasteiger charge is 2.06. The molecule has 4 nitrogen and oxygen atoms in total. The largest absolute Gasteiger partial charge is 0.506 e. The molecule has 0 unspecified atom stereocenters. The van der Waals surface area contributed by atoms with Gasteiger partial charge in [-0.25, -0.2) is 0 Å². The van der Waals surface area contributed by atoms with Crippen molar-refractivity contribution in [2.45, 2.75) is 13.8 Å². The summed E-state index contributed by atoms with van der Waals surface area (Å²) in [6.07, 6.45) is 0. The lowest BCUT2D eigenvalue weighted by atomic mass is 10.1. The first-order chi connectivity index (χ1) is 11.7. The van der Waals surface area contributed by atoms with Crippen molar-refractivity contribution in [2.24, 2.45) is 10.2 Å². The number of anilines is 1. The Morgan fingerprint density at radius 2 is 1.54 bits per heavy atom. The topological polar surface area (TPSA) is 48.2 Å². The molecular weight excluding hydrogens is 298 g/mol. The molecular formula is C20H21N3O. The summed E-state index contributed by atoms with van der Waals surface area (Å²) in [5.41, 5.74) is 2.44. The highest BCUT2D eigenvalue weighted by atomic mass is 16.3. The average Bonchev–Trinajstić information content (AvgIpc) is 2.63. The maximum atomic E-state index is 10.1. The third kappa shape index (κ3) is 3.23. The molecule has 3 rings (SSSR count). The Balaban J connectivity index is 1.90. The predicted molar refractivity (Wildman–Crippen MR) is 99.8 cm³/mol. The van der Waals surface area contributed by atoms with Crippen molar-refractivity contribution in [3.8, 4) is 5.75 Å². The van der Waals surface area contributed by atoms with Crippen LogP contribution in [0.3, 0.4) is 0 Å². The Morgan fingerprint density at radius 1 is 0.833 bits per heavy atom. The van der Waals surface area contributed by atoms with E-state index in [1.165, 1.54) is 5.69 Å². The second kappa shape index (κ2) is 7.13. The molecule has 3 aromatic rings. The number of nitrogens with zero attached hydrogens (tertiary/aromatic N) is 3. The van der Waals surface area contributed by atoms with E-state index in [4.69, 9.17) is 0 Å². The average molecular weight is 319 g/mol. The fourth-order valence-electron chi connectivity index (χ4n) is 2.78. The van der Waals surface area contributed by atoms with Gasteiger partial charge in [-0.2, -0.15) is 5.11 Å². The molecule has 3 aromatic carbocycles. The first kappa shape index (κ1) is 16.0. The predicted octanol–water partition coefficient (Wildman–Crippen LogP) is 5.81. The number of rotatable bonds is 5. The number of benzene rings is 3. The molecule has 0 radical (unpaired) electrons. The summed E-state index contributed by atoms with van der Waals surface area (Å²) in [6.45, 7) is 6.23. The van der Waals surface area contributed by atoms with Crippen LogP contribution in [0.1, 0.15) is 13.8 Å². The molecule has 0 heterocycles. The summed E-state index contributed by atoms with van der Waals surface area (Å²) in [6, 6.07) is 19.3. The zero-order chi connectivity index (χ0) is 16.9. The maximum absolute atomic E-state index is 10.1. The molecule has 0 fully saturated rings. The molecule has 0 aliphatic rings. The minimum absolute atomic E-state index is 0.136. The summed E-state index contributed by atoms with van der Waals surface area (Å²) in [5, 5.41) is 20.6. The van der Waals surface area contributed by atoms with Crippen molar-refractivity contribution in [2.75, 3.05) is 18.0 Å². The molecule has 4 heteroatoms. The van der Waals surface area contributed by atoms with Crippen LogP contribution in [-0.2, 0) is 0 Å². The highest BCUT2D eigenvalue weighted by molar-refractivity contribution is 5.95. The van der Waals surface area contributed by atoms with Crippen LogP contribution in [-0.4, -0.2) is 18.2 Å². The van der Waals surface area contributed by atoms with Gasteiger partial charge in [0.15, 0.2) is 0 Å². The lowest BCUT2D eigenvalue weighted by Gasteiger charge is -2.20. The van der Waals surface area contributed by atoms with E-state index in [-0.39, 0.29) is 5.75 Å². The van der Waals surface area contributed by atoms with Crippen molar-refractivity contribution in [1.82, 2.24) is 0 Å². The van der Waals surface area contributed by atoms with Crippen molar-refractivity contribution >= 4 is 27.8 Å². The standard InChI is InChI=1S/C20H21N3O/c1-3-23(4-2)17-12-10-16(11-13-17)21-22-20-18-8-6-5-7-15(18)9-14-19(20)24/h5-14,24H,3-4H2,1-2H3. The number of aromatic hydroxyl groups is 1. The second-order valence-corrected chi connectivity index (χ2v) is 5.54. The fourth-order valence-corrected chi connectivity index (χ4v) is 2.78. The molecule has 0 aliphatic heterocycles. The van der Waals surface area contributed by atoms with Gasteiger partial charge in [0, 0.05) is 24.2 Å². The molecule has 0 aliphatic carbocycles. The first-order valence-corrected chi connectivity index (χ1v) is 8.20. The van der Waals surface area contributed by atoms with E-state index in [0.29, 0.717) is 5.69 Å². The molecule has 0 atom stereocenters. The summed E-state index contributed by atoms with van der Waals surface area (Å²) in [5.74, 6) is 0.136. The van der Waals surface area contributed by atoms with Gasteiger partial charge >= 0.3 is 0 Å². The van der Waals surface area contributed by atoms with Gasteiger partial charge in [-0.3, -0.25) is 0 Å². The van der Waals surface area contributed by atoms with Crippen LogP contribution in [0.5, 0.6) is 5.75 Å². The van der Waals surface area contributed by atoms with Crippen molar-refractivity contribution in [3.63, 3.8) is 0 Å². The summed E-state index contributed by atoms with van der Waals surface area (Å²) in [4.78, 5) is 2.28. The van der Waals surface area contributed by atoms with Crippen LogP contribution < -0.4 is 4.90 Å². The third-order valence-electron chi connectivity index (χ3n) is 4.12. The number of hydrogen-bond donors (Lipinski definition) is 1. The third-order valence-corrected chi connectivity index (χ3v) is 4.12. The van der Waals surface area contributed by atoms with E-state index in [1.54, 1.807) is 6.07 Å². The Bertz CT molecular complexity index is 852. The lowest BCUT2D eigenvalue weighted by Crippen LogP contribution is -2.21. The van der Waals surface area contributed by atoms with Gasteiger partial charge in [0.1, 0.15) is 11.4 Å². The Morgan fingerprint density at radius 3 is 2.25 bits per heavy atom. The SMILES string of the molecule is CCN(CC)c1ccc(N=Nc2c(O)ccc3ccccc23)cc1. The van der Waals surface area contributed by atoms with Crippen molar-refractivity contribution < 1.29 is 5.11 Å². The van der Waals surface area contributed by atoms with Gasteiger partial charge in [-0.05, 0) is 49.6 Å². The lowest BCUT2D eigenvalue weighted by molar-refractivity contribution is 0.477. The van der Waals surface area contributed by atoms with Crippen LogP contribution >= 0.6 is 0 Å². The van der Waals surface area contributed by atoms with Gasteiger partial charge in [0.25, 0.3) is 0 Å². The number of phenols is 1. The Labute approximate surface area is 142 Å². The van der Waals surface area contributed by atoms with Crippen LogP contribution in [0.2, 0.25) is 0 Å². The molecule has 24 heavy (non-hydrogen) atoms. The van der Waals surface area contributed by atoms with E-state index < -0.39 is 0 Å². The van der Waals surface area contributed by atoms with E-state index in [9.17, 15) is 5.11 Å². The molecule has 0 bridgehead atoms. The van der Waals surface area contributed by atoms with Crippen LogP contribution in [0.15, 0.2) is 70.9 Å². The van der Waals surface area contributed by atoms with Crippen molar-refractivity contribution in [3.05, 3.63) is 60.7 Å². The zero-order valence-corrected chi connectivity index (χ0v) is 14.0. The van der Waals surface area contributed by atoms with E-state index in [2.05, 4.69) is 29.0 Å². The summed E-state index contributed by atoms with van der Waals surface area (Å²) < 4.78 is 0. The van der Waals surface area contributed by atoms with Crippen LogP contribution in [0.25, 0.3) is 10.8 Å². The van der Waals surface area contributed by atoms with Gasteiger partial charge in [0.05, 0.1) is 5.69 Å². The maximum Gasteiger partial charge on any atom is 0.143 e. The quantitative estimate of drug-likeness (QED) is 0.603. The van der Waals surface area contributed by atoms with Gasteiger partial charge in [-0.15, -0.1) is 5.11 Å². The molecule has 0 amide bonds. The Kier molecular flexibility index (Phi) is 4.75. The van der Waals surface area contributed by atoms with Gasteiger partial charge in [-0.1, -0.05) is 30.3 Å². The number of fused-ring (bicyclic) bond motifs is 1. The smallest absolute Gasteiger partial charge is 0.143 e. The molecule has 122 valence electrons. The van der Waals surface area contributed by atoms with E-state index in [1.807, 2.05) is 54.6 Å². The number of phenolic OH excluding ortho intramolecular Hbond substituents is 1. The van der Waals surface area contributed by atoms with Crippen molar-refractivity contribution in [1.29, 1.82) is 0 Å². The molecule has 0 saturated carbocycles. The Hall–Kier alpha value is -2.88. The van der Waals surface area contributed by atoms with Gasteiger partial charge in [0.2, 0.25) is 0 Å².